The molecule has 0 unspecified atom stereocenters. The molecule has 0 bridgehead atoms. The molecule has 9 heteroatoms. The monoisotopic (exact) mass is 257 g/mol. The molecule has 0 atom stereocenters. The second kappa shape index (κ2) is 4.80. The number of hydrogen-bond acceptors (Lipinski definition) is 7. The molecule has 3 aromatic heterocycles. The van der Waals surface area contributed by atoms with Crippen molar-refractivity contribution in [2.24, 2.45) is 0 Å². The largest absolute Gasteiger partial charge is 0.354 e. The zero-order valence-corrected chi connectivity index (χ0v) is 10.2. The van der Waals surface area contributed by atoms with Crippen LogP contribution < -0.4 is 5.32 Å². The molecule has 0 saturated carbocycles. The molecule has 0 radical (unpaired) electrons. The maximum absolute atomic E-state index is 4.30. The van der Waals surface area contributed by atoms with E-state index in [1.807, 2.05) is 6.92 Å². The molecule has 0 aliphatic carbocycles. The minimum Gasteiger partial charge on any atom is -0.354 e. The fourth-order valence-corrected chi connectivity index (χ4v) is 1.49. The molecule has 0 aliphatic rings. The fourth-order valence-electron chi connectivity index (χ4n) is 1.49. The van der Waals surface area contributed by atoms with Gasteiger partial charge in [0.2, 0.25) is 5.95 Å². The molecular weight excluding hydrogens is 246 g/mol. The van der Waals surface area contributed by atoms with Gasteiger partial charge in [-0.25, -0.2) is 9.67 Å². The molecule has 0 fully saturated rings. The van der Waals surface area contributed by atoms with Crippen molar-refractivity contribution in [1.82, 2.24) is 39.5 Å². The van der Waals surface area contributed by atoms with Crippen LogP contribution in [0.4, 0.5) is 5.95 Å². The van der Waals surface area contributed by atoms with Gasteiger partial charge >= 0.3 is 0 Å². The summed E-state index contributed by atoms with van der Waals surface area (Å²) in [5.41, 5.74) is 0. The predicted octanol–water partition coefficient (Wildman–Crippen LogP) is 0.0698. The highest BCUT2D eigenvalue weighted by molar-refractivity contribution is 5.31. The van der Waals surface area contributed by atoms with Crippen LogP contribution in [-0.2, 0) is 0 Å². The molecule has 19 heavy (non-hydrogen) atoms. The Morgan fingerprint density at radius 3 is 2.58 bits per heavy atom. The van der Waals surface area contributed by atoms with Crippen molar-refractivity contribution in [3.8, 4) is 11.9 Å². The van der Waals surface area contributed by atoms with Crippen LogP contribution in [0.1, 0.15) is 6.92 Å². The molecule has 0 spiro atoms. The van der Waals surface area contributed by atoms with E-state index in [2.05, 4.69) is 35.5 Å². The van der Waals surface area contributed by atoms with E-state index in [1.165, 1.54) is 17.3 Å². The van der Waals surface area contributed by atoms with E-state index < -0.39 is 0 Å². The minimum atomic E-state index is 0.383. The van der Waals surface area contributed by atoms with Gasteiger partial charge in [0.1, 0.15) is 12.7 Å². The first-order chi connectivity index (χ1) is 9.36. The first kappa shape index (κ1) is 11.3. The summed E-state index contributed by atoms with van der Waals surface area (Å²) in [6.07, 6.45) is 6.37. The van der Waals surface area contributed by atoms with Gasteiger partial charge in [-0.15, -0.1) is 0 Å². The second-order valence-corrected chi connectivity index (χ2v) is 3.58. The highest BCUT2D eigenvalue weighted by Crippen LogP contribution is 2.07. The van der Waals surface area contributed by atoms with E-state index >= 15 is 0 Å². The summed E-state index contributed by atoms with van der Waals surface area (Å²) in [5, 5.41) is 11.2. The maximum Gasteiger partial charge on any atom is 0.258 e. The van der Waals surface area contributed by atoms with Gasteiger partial charge in [0, 0.05) is 18.9 Å². The van der Waals surface area contributed by atoms with Crippen LogP contribution in [0.5, 0.6) is 0 Å². The van der Waals surface area contributed by atoms with Crippen LogP contribution in [0.2, 0.25) is 0 Å². The summed E-state index contributed by atoms with van der Waals surface area (Å²) >= 11 is 0. The molecule has 3 aromatic rings. The van der Waals surface area contributed by atoms with Gasteiger partial charge in [0.15, 0.2) is 0 Å². The fraction of sp³-hybridized carbons (Fsp3) is 0.200. The van der Waals surface area contributed by atoms with E-state index in [0.29, 0.717) is 24.4 Å². The lowest BCUT2D eigenvalue weighted by molar-refractivity contribution is 0.744. The molecule has 3 heterocycles. The first-order valence-corrected chi connectivity index (χ1v) is 5.72. The zero-order valence-electron chi connectivity index (χ0n) is 10.2. The van der Waals surface area contributed by atoms with Gasteiger partial charge < -0.3 is 5.32 Å². The van der Waals surface area contributed by atoms with Crippen LogP contribution in [0.25, 0.3) is 11.9 Å². The molecule has 0 saturated heterocycles. The van der Waals surface area contributed by atoms with Gasteiger partial charge in [0.05, 0.1) is 0 Å². The van der Waals surface area contributed by atoms with Crippen molar-refractivity contribution < 1.29 is 0 Å². The first-order valence-electron chi connectivity index (χ1n) is 5.72. The van der Waals surface area contributed by atoms with Crippen LogP contribution >= 0.6 is 0 Å². The van der Waals surface area contributed by atoms with Crippen molar-refractivity contribution >= 4 is 5.95 Å². The van der Waals surface area contributed by atoms with Crippen LogP contribution in [0, 0.1) is 0 Å². The van der Waals surface area contributed by atoms with Crippen molar-refractivity contribution in [3.05, 3.63) is 31.1 Å². The number of anilines is 1. The van der Waals surface area contributed by atoms with E-state index in [9.17, 15) is 0 Å². The number of rotatable bonds is 4. The Morgan fingerprint density at radius 1 is 1.11 bits per heavy atom. The van der Waals surface area contributed by atoms with Crippen LogP contribution in [-0.4, -0.2) is 46.0 Å². The van der Waals surface area contributed by atoms with Crippen molar-refractivity contribution in [1.29, 1.82) is 0 Å². The molecule has 0 aromatic carbocycles. The summed E-state index contributed by atoms with van der Waals surface area (Å²) in [6.45, 7) is 2.67. The van der Waals surface area contributed by atoms with Gasteiger partial charge in [-0.3, -0.25) is 0 Å². The van der Waals surface area contributed by atoms with Crippen molar-refractivity contribution in [2.45, 2.75) is 6.92 Å². The van der Waals surface area contributed by atoms with Gasteiger partial charge in [-0.1, -0.05) is 0 Å². The quantitative estimate of drug-likeness (QED) is 0.706. The number of aromatic nitrogens is 8. The Balaban J connectivity index is 2.09. The minimum absolute atomic E-state index is 0.383. The Bertz CT molecular complexity index is 591. The van der Waals surface area contributed by atoms with Gasteiger partial charge in [-0.2, -0.15) is 29.8 Å². The van der Waals surface area contributed by atoms with Crippen LogP contribution in [0.15, 0.2) is 31.1 Å². The summed E-state index contributed by atoms with van der Waals surface area (Å²) in [7, 11) is 0. The third-order valence-corrected chi connectivity index (χ3v) is 2.28. The highest BCUT2D eigenvalue weighted by atomic mass is 15.4. The number of nitrogens with zero attached hydrogens (tertiary/aromatic N) is 8. The molecule has 1 N–H and O–H groups in total. The maximum atomic E-state index is 4.30. The third kappa shape index (κ3) is 2.25. The van der Waals surface area contributed by atoms with Crippen molar-refractivity contribution in [3.63, 3.8) is 0 Å². The second-order valence-electron chi connectivity index (χ2n) is 3.58. The Kier molecular flexibility index (Phi) is 2.85. The Hall–Kier alpha value is -2.84. The summed E-state index contributed by atoms with van der Waals surface area (Å²) in [4.78, 5) is 16.7. The Labute approximate surface area is 108 Å². The molecule has 0 amide bonds. The zero-order chi connectivity index (χ0) is 13.1. The lowest BCUT2D eigenvalue weighted by Gasteiger charge is -2.06. The predicted molar refractivity (Wildman–Crippen MR) is 66.0 cm³/mol. The normalized spacial score (nSPS) is 10.6. The van der Waals surface area contributed by atoms with Gasteiger partial charge in [-0.05, 0) is 13.0 Å². The third-order valence-electron chi connectivity index (χ3n) is 2.28. The average molecular weight is 257 g/mol. The highest BCUT2D eigenvalue weighted by Gasteiger charge is 2.09. The SMILES string of the molecule is CCNc1nc(-n2cccn2)nc(-n2cncn2)n1. The molecule has 9 nitrogen and oxygen atoms in total. The van der Waals surface area contributed by atoms with Crippen LogP contribution in [0.3, 0.4) is 0 Å². The smallest absolute Gasteiger partial charge is 0.258 e. The lowest BCUT2D eigenvalue weighted by Crippen LogP contribution is -2.13. The number of nitrogens with one attached hydrogen (secondary N) is 1. The van der Waals surface area contributed by atoms with Crippen molar-refractivity contribution in [2.75, 3.05) is 11.9 Å². The number of hydrogen-bond donors (Lipinski definition) is 1. The summed E-state index contributed by atoms with van der Waals surface area (Å²) in [5.74, 6) is 1.27. The molecule has 96 valence electrons. The molecule has 0 aliphatic heterocycles. The Morgan fingerprint density at radius 2 is 1.95 bits per heavy atom. The van der Waals surface area contributed by atoms with E-state index in [4.69, 9.17) is 0 Å². The van der Waals surface area contributed by atoms with E-state index in [1.54, 1.807) is 23.1 Å². The topological polar surface area (TPSA) is 99.2 Å². The van der Waals surface area contributed by atoms with Gasteiger partial charge in [0.25, 0.3) is 11.9 Å². The van der Waals surface area contributed by atoms with E-state index in [0.717, 1.165) is 0 Å². The average Bonchev–Trinajstić information content (AvgIpc) is 3.12. The molecular formula is C10H11N9. The molecule has 3 rings (SSSR count). The summed E-state index contributed by atoms with van der Waals surface area (Å²) in [6, 6.07) is 1.80. The van der Waals surface area contributed by atoms with E-state index in [-0.39, 0.29) is 0 Å². The summed E-state index contributed by atoms with van der Waals surface area (Å²) < 4.78 is 3.03. The lowest BCUT2D eigenvalue weighted by atomic mass is 10.7. The standard InChI is InChI=1S/C10H11N9/c1-2-12-8-15-9(18-5-3-4-13-18)17-10(16-8)19-7-11-6-14-19/h3-7H,2H2,1H3,(H,12,15,16,17).